The summed E-state index contributed by atoms with van der Waals surface area (Å²) in [5, 5.41) is 6.27. The zero-order valence-electron chi connectivity index (χ0n) is 14.1. The van der Waals surface area contributed by atoms with Crippen molar-refractivity contribution in [1.29, 1.82) is 0 Å². The van der Waals surface area contributed by atoms with Crippen LogP contribution in [0.25, 0.3) is 22.2 Å². The number of fused-ring (bicyclic) bond motifs is 1. The lowest BCUT2D eigenvalue weighted by Crippen LogP contribution is -2.14. The predicted octanol–water partition coefficient (Wildman–Crippen LogP) is 4.24. The van der Waals surface area contributed by atoms with Gasteiger partial charge in [0, 0.05) is 34.4 Å². The van der Waals surface area contributed by atoms with E-state index in [0.29, 0.717) is 5.13 Å². The third-order valence-electron chi connectivity index (χ3n) is 4.03. The third kappa shape index (κ3) is 3.45. The number of aryl methyl sites for hydroxylation is 1. The fourth-order valence-corrected chi connectivity index (χ4v) is 3.38. The Hall–Kier alpha value is -3.12. The summed E-state index contributed by atoms with van der Waals surface area (Å²) in [6.07, 6.45) is 3.70. The summed E-state index contributed by atoms with van der Waals surface area (Å²) in [4.78, 5) is 25.5. The maximum Gasteiger partial charge on any atom is 0.230 e. The van der Waals surface area contributed by atoms with Crippen LogP contribution in [0.5, 0.6) is 0 Å². The summed E-state index contributed by atoms with van der Waals surface area (Å²) in [6.45, 7) is 1.96. The Morgan fingerprint density at radius 2 is 2.04 bits per heavy atom. The maximum absolute atomic E-state index is 12.3. The molecule has 3 heterocycles. The van der Waals surface area contributed by atoms with Crippen LogP contribution in [0.1, 0.15) is 11.3 Å². The summed E-state index contributed by atoms with van der Waals surface area (Å²) in [6, 6.07) is 13.9. The van der Waals surface area contributed by atoms with E-state index < -0.39 is 0 Å². The highest BCUT2D eigenvalue weighted by molar-refractivity contribution is 7.13. The Labute approximate surface area is 154 Å². The van der Waals surface area contributed by atoms with Gasteiger partial charge in [-0.3, -0.25) is 9.78 Å². The lowest BCUT2D eigenvalue weighted by Gasteiger charge is -2.08. The molecular formula is C20H16N4OS. The van der Waals surface area contributed by atoms with E-state index in [1.807, 2.05) is 54.8 Å². The molecule has 0 unspecified atom stereocenters. The van der Waals surface area contributed by atoms with Gasteiger partial charge in [0.1, 0.15) is 0 Å². The van der Waals surface area contributed by atoms with Crippen molar-refractivity contribution >= 4 is 33.3 Å². The molecule has 0 atom stereocenters. The molecule has 1 aromatic carbocycles. The quantitative estimate of drug-likeness (QED) is 0.591. The molecule has 0 aliphatic rings. The average Bonchev–Trinajstić information content (AvgIpc) is 3.14. The minimum absolute atomic E-state index is 0.0978. The SMILES string of the molecule is Cc1cc(-c2ccc3cccc(CC(=O)Nc4nccs4)c3n2)ccn1. The number of amides is 1. The molecule has 5 nitrogen and oxygen atoms in total. The predicted molar refractivity (Wildman–Crippen MR) is 104 cm³/mol. The summed E-state index contributed by atoms with van der Waals surface area (Å²) in [5.41, 5.74) is 4.57. The number of thiazole rings is 1. The second-order valence-electron chi connectivity index (χ2n) is 5.93. The van der Waals surface area contributed by atoms with Crippen LogP contribution < -0.4 is 5.32 Å². The number of carbonyl (C=O) groups is 1. The first-order valence-corrected chi connectivity index (χ1v) is 9.08. The number of hydrogen-bond acceptors (Lipinski definition) is 5. The number of carbonyl (C=O) groups excluding carboxylic acids is 1. The van der Waals surface area contributed by atoms with E-state index in [2.05, 4.69) is 15.3 Å². The normalized spacial score (nSPS) is 10.8. The van der Waals surface area contributed by atoms with Crippen LogP contribution in [-0.2, 0) is 11.2 Å². The number of nitrogens with zero attached hydrogens (tertiary/aromatic N) is 3. The molecule has 6 heteroatoms. The van der Waals surface area contributed by atoms with Crippen molar-refractivity contribution in [2.75, 3.05) is 5.32 Å². The first-order valence-electron chi connectivity index (χ1n) is 8.20. The maximum atomic E-state index is 12.3. The molecule has 0 radical (unpaired) electrons. The molecule has 0 fully saturated rings. The highest BCUT2D eigenvalue weighted by atomic mass is 32.1. The molecule has 0 saturated heterocycles. The summed E-state index contributed by atoms with van der Waals surface area (Å²) in [5.74, 6) is -0.0978. The van der Waals surface area contributed by atoms with Crippen LogP contribution in [0, 0.1) is 6.92 Å². The molecule has 128 valence electrons. The van der Waals surface area contributed by atoms with Gasteiger partial charge in [-0.15, -0.1) is 11.3 Å². The lowest BCUT2D eigenvalue weighted by molar-refractivity contribution is -0.115. The standard InChI is InChI=1S/C20H16N4OS/c1-13-11-15(7-8-21-13)17-6-5-14-3-2-4-16(19(14)23-17)12-18(25)24-20-22-9-10-26-20/h2-11H,12H2,1H3,(H,22,24,25). The molecule has 26 heavy (non-hydrogen) atoms. The largest absolute Gasteiger partial charge is 0.302 e. The Kier molecular flexibility index (Phi) is 4.41. The molecule has 4 rings (SSSR count). The van der Waals surface area contributed by atoms with Crippen LogP contribution in [0.2, 0.25) is 0 Å². The van der Waals surface area contributed by atoms with Crippen LogP contribution in [0.3, 0.4) is 0 Å². The molecule has 0 aliphatic carbocycles. The van der Waals surface area contributed by atoms with Gasteiger partial charge in [-0.1, -0.05) is 24.3 Å². The van der Waals surface area contributed by atoms with Crippen LogP contribution >= 0.6 is 11.3 Å². The van der Waals surface area contributed by atoms with Gasteiger partial charge in [-0.2, -0.15) is 0 Å². The van der Waals surface area contributed by atoms with E-state index in [4.69, 9.17) is 4.98 Å². The van der Waals surface area contributed by atoms with Crippen LogP contribution in [0.4, 0.5) is 5.13 Å². The summed E-state index contributed by atoms with van der Waals surface area (Å²) >= 11 is 1.40. The zero-order chi connectivity index (χ0) is 17.9. The van der Waals surface area contributed by atoms with E-state index in [9.17, 15) is 4.79 Å². The molecule has 1 amide bonds. The fourth-order valence-electron chi connectivity index (χ4n) is 2.84. The number of rotatable bonds is 4. The molecule has 1 N–H and O–H groups in total. The monoisotopic (exact) mass is 360 g/mol. The van der Waals surface area contributed by atoms with Gasteiger partial charge in [0.15, 0.2) is 5.13 Å². The van der Waals surface area contributed by atoms with E-state index >= 15 is 0 Å². The van der Waals surface area contributed by atoms with Gasteiger partial charge in [0.25, 0.3) is 0 Å². The van der Waals surface area contributed by atoms with E-state index in [1.165, 1.54) is 11.3 Å². The van der Waals surface area contributed by atoms with E-state index in [0.717, 1.165) is 33.4 Å². The molecule has 3 aromatic heterocycles. The van der Waals surface area contributed by atoms with Gasteiger partial charge in [0.05, 0.1) is 17.6 Å². The molecule has 0 saturated carbocycles. The summed E-state index contributed by atoms with van der Waals surface area (Å²) < 4.78 is 0. The lowest BCUT2D eigenvalue weighted by atomic mass is 10.0. The third-order valence-corrected chi connectivity index (χ3v) is 4.71. The van der Waals surface area contributed by atoms with E-state index in [1.54, 1.807) is 12.4 Å². The highest BCUT2D eigenvalue weighted by Crippen LogP contribution is 2.24. The van der Waals surface area contributed by atoms with Gasteiger partial charge < -0.3 is 5.32 Å². The van der Waals surface area contributed by atoms with Crippen molar-refractivity contribution in [3.8, 4) is 11.3 Å². The highest BCUT2D eigenvalue weighted by Gasteiger charge is 2.11. The minimum Gasteiger partial charge on any atom is -0.302 e. The van der Waals surface area contributed by atoms with Crippen molar-refractivity contribution in [3.63, 3.8) is 0 Å². The number of nitrogens with one attached hydrogen (secondary N) is 1. The topological polar surface area (TPSA) is 67.8 Å². The fraction of sp³-hybridized carbons (Fsp3) is 0.100. The Morgan fingerprint density at radius 3 is 2.85 bits per heavy atom. The number of benzene rings is 1. The smallest absolute Gasteiger partial charge is 0.230 e. The zero-order valence-corrected chi connectivity index (χ0v) is 15.0. The van der Waals surface area contributed by atoms with Crippen molar-refractivity contribution < 1.29 is 4.79 Å². The number of hydrogen-bond donors (Lipinski definition) is 1. The molecule has 0 spiro atoms. The first-order chi connectivity index (χ1) is 12.7. The van der Waals surface area contributed by atoms with Crippen molar-refractivity contribution in [1.82, 2.24) is 15.0 Å². The van der Waals surface area contributed by atoms with Crippen molar-refractivity contribution in [3.05, 3.63) is 71.5 Å². The van der Waals surface area contributed by atoms with Crippen molar-refractivity contribution in [2.24, 2.45) is 0 Å². The molecule has 0 bridgehead atoms. The van der Waals surface area contributed by atoms with Gasteiger partial charge >= 0.3 is 0 Å². The number of anilines is 1. The van der Waals surface area contributed by atoms with Gasteiger partial charge in [-0.25, -0.2) is 9.97 Å². The second kappa shape index (κ2) is 7.01. The van der Waals surface area contributed by atoms with Gasteiger partial charge in [0.2, 0.25) is 5.91 Å². The van der Waals surface area contributed by atoms with Crippen LogP contribution in [-0.4, -0.2) is 20.9 Å². The Balaban J connectivity index is 1.68. The minimum atomic E-state index is -0.0978. The van der Waals surface area contributed by atoms with Gasteiger partial charge in [-0.05, 0) is 30.7 Å². The number of aromatic nitrogens is 3. The number of pyridine rings is 2. The molecule has 0 aliphatic heterocycles. The second-order valence-corrected chi connectivity index (χ2v) is 6.83. The number of para-hydroxylation sites is 1. The summed E-state index contributed by atoms with van der Waals surface area (Å²) in [7, 11) is 0. The molecular weight excluding hydrogens is 344 g/mol. The Bertz CT molecular complexity index is 1080. The average molecular weight is 360 g/mol. The Morgan fingerprint density at radius 1 is 1.12 bits per heavy atom. The van der Waals surface area contributed by atoms with Crippen LogP contribution in [0.15, 0.2) is 60.2 Å². The first kappa shape index (κ1) is 16.4. The van der Waals surface area contributed by atoms with E-state index in [-0.39, 0.29) is 12.3 Å². The molecule has 4 aromatic rings. The van der Waals surface area contributed by atoms with Crippen molar-refractivity contribution in [2.45, 2.75) is 13.3 Å².